The monoisotopic (exact) mass is 351 g/mol. The minimum Gasteiger partial charge on any atom is -0.497 e. The van der Waals surface area contributed by atoms with Crippen LogP contribution >= 0.6 is 0 Å². The largest absolute Gasteiger partial charge is 0.497 e. The van der Waals surface area contributed by atoms with Crippen LogP contribution in [0, 0.1) is 13.8 Å². The minimum atomic E-state index is -0.596. The van der Waals surface area contributed by atoms with Gasteiger partial charge in [0, 0.05) is 11.3 Å². The number of carbonyl (C=O) groups excluding carboxylic acids is 1. The molecule has 1 atom stereocenters. The number of aromatic nitrogens is 4. The van der Waals surface area contributed by atoms with E-state index in [1.54, 1.807) is 14.0 Å². The number of rotatable bonds is 5. The van der Waals surface area contributed by atoms with E-state index in [0.717, 1.165) is 22.4 Å². The van der Waals surface area contributed by atoms with Gasteiger partial charge < -0.3 is 10.1 Å². The normalized spacial score (nSPS) is 11.8. The molecule has 7 heteroatoms. The fraction of sp³-hybridized carbons (Fsp3) is 0.263. The third kappa shape index (κ3) is 3.56. The molecule has 2 aromatic carbocycles. The van der Waals surface area contributed by atoms with Gasteiger partial charge in [0.15, 0.2) is 0 Å². The second-order valence-electron chi connectivity index (χ2n) is 6.10. The van der Waals surface area contributed by atoms with E-state index in [1.807, 2.05) is 56.3 Å². The number of benzene rings is 2. The van der Waals surface area contributed by atoms with E-state index in [0.29, 0.717) is 11.6 Å². The van der Waals surface area contributed by atoms with Crippen molar-refractivity contribution in [1.29, 1.82) is 0 Å². The maximum atomic E-state index is 12.6. The van der Waals surface area contributed by atoms with Crippen molar-refractivity contribution >= 4 is 11.6 Å². The van der Waals surface area contributed by atoms with E-state index in [-0.39, 0.29) is 5.91 Å². The fourth-order valence-electron chi connectivity index (χ4n) is 2.61. The molecule has 0 bridgehead atoms. The van der Waals surface area contributed by atoms with Gasteiger partial charge in [0.25, 0.3) is 5.91 Å². The first kappa shape index (κ1) is 17.6. The Morgan fingerprint density at radius 1 is 1.15 bits per heavy atom. The highest BCUT2D eigenvalue weighted by atomic mass is 16.5. The number of carbonyl (C=O) groups is 1. The van der Waals surface area contributed by atoms with Gasteiger partial charge in [-0.3, -0.25) is 4.79 Å². The Kier molecular flexibility index (Phi) is 4.97. The van der Waals surface area contributed by atoms with Crippen LogP contribution in [0.3, 0.4) is 0 Å². The van der Waals surface area contributed by atoms with Crippen molar-refractivity contribution in [2.45, 2.75) is 26.8 Å². The van der Waals surface area contributed by atoms with Crippen LogP contribution in [0.5, 0.6) is 5.75 Å². The number of methoxy groups -OCH3 is 1. The second-order valence-corrected chi connectivity index (χ2v) is 6.10. The van der Waals surface area contributed by atoms with Crippen molar-refractivity contribution in [2.24, 2.45) is 0 Å². The van der Waals surface area contributed by atoms with Crippen LogP contribution in [-0.2, 0) is 4.79 Å². The van der Waals surface area contributed by atoms with Crippen LogP contribution in [0.1, 0.15) is 24.1 Å². The third-order valence-corrected chi connectivity index (χ3v) is 4.21. The van der Waals surface area contributed by atoms with Crippen molar-refractivity contribution < 1.29 is 9.53 Å². The Hall–Kier alpha value is -3.22. The Morgan fingerprint density at radius 3 is 2.54 bits per heavy atom. The summed E-state index contributed by atoms with van der Waals surface area (Å²) in [6, 6.07) is 12.7. The average molecular weight is 351 g/mol. The molecule has 7 nitrogen and oxygen atoms in total. The molecule has 0 aliphatic heterocycles. The second kappa shape index (κ2) is 7.35. The molecule has 1 amide bonds. The van der Waals surface area contributed by atoms with Gasteiger partial charge in [0.1, 0.15) is 11.8 Å². The first-order valence-corrected chi connectivity index (χ1v) is 8.30. The zero-order chi connectivity index (χ0) is 18.7. The van der Waals surface area contributed by atoms with E-state index in [9.17, 15) is 4.79 Å². The summed E-state index contributed by atoms with van der Waals surface area (Å²) in [4.78, 5) is 13.9. The average Bonchev–Trinajstić information content (AvgIpc) is 3.14. The molecule has 26 heavy (non-hydrogen) atoms. The van der Waals surface area contributed by atoms with Gasteiger partial charge in [0.2, 0.25) is 5.82 Å². The number of nitrogens with zero attached hydrogens (tertiary/aromatic N) is 4. The predicted molar refractivity (Wildman–Crippen MR) is 99.1 cm³/mol. The summed E-state index contributed by atoms with van der Waals surface area (Å²) < 4.78 is 5.21. The third-order valence-electron chi connectivity index (χ3n) is 4.21. The maximum absolute atomic E-state index is 12.6. The smallest absolute Gasteiger partial charge is 0.250 e. The van der Waals surface area contributed by atoms with Crippen LogP contribution in [0.15, 0.2) is 42.5 Å². The molecule has 134 valence electrons. The Balaban J connectivity index is 1.79. The van der Waals surface area contributed by atoms with Crippen LogP contribution in [0.4, 0.5) is 5.69 Å². The highest BCUT2D eigenvalue weighted by molar-refractivity contribution is 5.94. The summed E-state index contributed by atoms with van der Waals surface area (Å²) in [6.07, 6.45) is 0. The standard InChI is InChI=1S/C19H21N5O2/c1-12-7-5-8-13(2)17(12)20-19(25)14(3)24-22-18(21-23-24)15-9-6-10-16(11-15)26-4/h5-11,14H,1-4H3,(H,20,25)/t14-/m1/s1. The first-order chi connectivity index (χ1) is 12.5. The lowest BCUT2D eigenvalue weighted by Crippen LogP contribution is -2.26. The number of aryl methyl sites for hydroxylation is 2. The molecule has 1 aromatic heterocycles. The summed E-state index contributed by atoms with van der Waals surface area (Å²) >= 11 is 0. The van der Waals surface area contributed by atoms with Crippen molar-refractivity contribution in [3.63, 3.8) is 0 Å². The molecule has 0 fully saturated rings. The molecule has 1 heterocycles. The Labute approximate surface area is 152 Å². The molecule has 0 aliphatic carbocycles. The molecule has 0 aliphatic rings. The fourth-order valence-corrected chi connectivity index (χ4v) is 2.61. The summed E-state index contributed by atoms with van der Waals surface area (Å²) in [7, 11) is 1.60. The first-order valence-electron chi connectivity index (χ1n) is 8.30. The molecule has 0 radical (unpaired) electrons. The highest BCUT2D eigenvalue weighted by Crippen LogP contribution is 2.22. The summed E-state index contributed by atoms with van der Waals surface area (Å²) in [6.45, 7) is 5.66. The number of ether oxygens (including phenoxy) is 1. The molecule has 0 spiro atoms. The van der Waals surface area contributed by atoms with E-state index in [2.05, 4.69) is 20.7 Å². The minimum absolute atomic E-state index is 0.197. The number of tetrazole rings is 1. The molecule has 3 aromatic rings. The number of anilines is 1. The summed E-state index contributed by atoms with van der Waals surface area (Å²) in [5.41, 5.74) is 3.61. The Morgan fingerprint density at radius 2 is 1.85 bits per heavy atom. The molecule has 0 unspecified atom stereocenters. The van der Waals surface area contributed by atoms with Gasteiger partial charge in [-0.25, -0.2) is 0 Å². The highest BCUT2D eigenvalue weighted by Gasteiger charge is 2.20. The van der Waals surface area contributed by atoms with E-state index >= 15 is 0 Å². The zero-order valence-electron chi connectivity index (χ0n) is 15.2. The molecule has 1 N–H and O–H groups in total. The number of para-hydroxylation sites is 1. The molecular weight excluding hydrogens is 330 g/mol. The SMILES string of the molecule is COc1cccc(-c2nnn([C@H](C)C(=O)Nc3c(C)cccc3C)n2)c1. The van der Waals surface area contributed by atoms with Crippen LogP contribution < -0.4 is 10.1 Å². The quantitative estimate of drug-likeness (QED) is 0.763. The lowest BCUT2D eigenvalue weighted by Gasteiger charge is -2.14. The predicted octanol–water partition coefficient (Wildman–Crippen LogP) is 3.17. The Bertz CT molecular complexity index is 915. The van der Waals surface area contributed by atoms with Crippen LogP contribution in [0.2, 0.25) is 0 Å². The van der Waals surface area contributed by atoms with Gasteiger partial charge in [-0.05, 0) is 49.2 Å². The summed E-state index contributed by atoms with van der Waals surface area (Å²) in [5, 5.41) is 15.4. The van der Waals surface area contributed by atoms with Gasteiger partial charge in [-0.1, -0.05) is 30.3 Å². The van der Waals surface area contributed by atoms with Crippen molar-refractivity contribution in [3.05, 3.63) is 53.6 Å². The topological polar surface area (TPSA) is 81.9 Å². The zero-order valence-corrected chi connectivity index (χ0v) is 15.2. The number of nitrogens with one attached hydrogen (secondary N) is 1. The van der Waals surface area contributed by atoms with Crippen molar-refractivity contribution in [1.82, 2.24) is 20.2 Å². The van der Waals surface area contributed by atoms with Gasteiger partial charge in [0.05, 0.1) is 7.11 Å². The molecule has 3 rings (SSSR count). The van der Waals surface area contributed by atoms with E-state index < -0.39 is 6.04 Å². The maximum Gasteiger partial charge on any atom is 0.250 e. The molecular formula is C19H21N5O2. The number of amides is 1. The van der Waals surface area contributed by atoms with E-state index in [1.165, 1.54) is 4.80 Å². The van der Waals surface area contributed by atoms with Gasteiger partial charge in [-0.2, -0.15) is 4.80 Å². The van der Waals surface area contributed by atoms with E-state index in [4.69, 9.17) is 4.74 Å². The van der Waals surface area contributed by atoms with Gasteiger partial charge in [-0.15, -0.1) is 10.2 Å². The van der Waals surface area contributed by atoms with Crippen molar-refractivity contribution in [2.75, 3.05) is 12.4 Å². The number of hydrogen-bond donors (Lipinski definition) is 1. The van der Waals surface area contributed by atoms with Gasteiger partial charge >= 0.3 is 0 Å². The molecule has 0 saturated carbocycles. The lowest BCUT2D eigenvalue weighted by atomic mass is 10.1. The summed E-state index contributed by atoms with van der Waals surface area (Å²) in [5.74, 6) is 0.951. The molecule has 0 saturated heterocycles. The van der Waals surface area contributed by atoms with Crippen molar-refractivity contribution in [3.8, 4) is 17.1 Å². The lowest BCUT2D eigenvalue weighted by molar-refractivity contribution is -0.119. The van der Waals surface area contributed by atoms with Crippen LogP contribution in [-0.4, -0.2) is 33.2 Å². The number of hydrogen-bond acceptors (Lipinski definition) is 5. The van der Waals surface area contributed by atoms with Crippen LogP contribution in [0.25, 0.3) is 11.4 Å².